The molecule has 0 N–H and O–H groups in total. The Kier molecular flexibility index (Phi) is 5.57. The van der Waals surface area contributed by atoms with E-state index >= 15 is 0 Å². The minimum absolute atomic E-state index is 0.137. The standard InChI is InChI=1S/C24H35FO/c1-3-4-17-6-9-18(10-7-17)19-11-13-20(14-12-19)22-15-21-8-5-16(2)23(25)24(21)26-22/h5,8,17-20,22H,3-4,6-7,9-15H2,1-2H3. The van der Waals surface area contributed by atoms with Crippen LogP contribution in [0, 0.1) is 36.4 Å². The molecule has 0 saturated heterocycles. The average Bonchev–Trinajstić information content (AvgIpc) is 3.11. The maximum Gasteiger partial charge on any atom is 0.168 e. The lowest BCUT2D eigenvalue weighted by Crippen LogP contribution is -2.32. The maximum atomic E-state index is 14.3. The van der Waals surface area contributed by atoms with Gasteiger partial charge in [0.25, 0.3) is 0 Å². The first-order valence-electron chi connectivity index (χ1n) is 11.1. The van der Waals surface area contributed by atoms with E-state index in [1.807, 2.05) is 13.0 Å². The predicted molar refractivity (Wildman–Crippen MR) is 105 cm³/mol. The molecule has 144 valence electrons. The van der Waals surface area contributed by atoms with Crippen LogP contribution in [0.15, 0.2) is 12.1 Å². The molecular weight excluding hydrogens is 323 g/mol. The third-order valence-corrected chi connectivity index (χ3v) is 7.66. The second-order valence-corrected chi connectivity index (χ2v) is 9.29. The molecule has 1 unspecified atom stereocenters. The molecule has 2 saturated carbocycles. The van der Waals surface area contributed by atoms with Crippen LogP contribution >= 0.6 is 0 Å². The zero-order valence-corrected chi connectivity index (χ0v) is 16.6. The zero-order chi connectivity index (χ0) is 18.1. The molecular formula is C24H35FO. The van der Waals surface area contributed by atoms with E-state index in [9.17, 15) is 4.39 Å². The summed E-state index contributed by atoms with van der Waals surface area (Å²) in [6, 6.07) is 3.96. The smallest absolute Gasteiger partial charge is 0.168 e. The lowest BCUT2D eigenvalue weighted by Gasteiger charge is -2.39. The van der Waals surface area contributed by atoms with Gasteiger partial charge in [-0.2, -0.15) is 0 Å². The number of aryl methyl sites for hydroxylation is 1. The number of benzene rings is 1. The van der Waals surface area contributed by atoms with Crippen LogP contribution in [-0.4, -0.2) is 6.10 Å². The van der Waals surface area contributed by atoms with Crippen molar-refractivity contribution in [3.63, 3.8) is 0 Å². The van der Waals surface area contributed by atoms with Crippen molar-refractivity contribution in [2.24, 2.45) is 23.7 Å². The van der Waals surface area contributed by atoms with Gasteiger partial charge in [-0.15, -0.1) is 0 Å². The van der Waals surface area contributed by atoms with Crippen molar-refractivity contribution in [3.05, 3.63) is 29.1 Å². The zero-order valence-electron chi connectivity index (χ0n) is 16.6. The largest absolute Gasteiger partial charge is 0.486 e. The minimum atomic E-state index is -0.137. The Labute approximate surface area is 158 Å². The van der Waals surface area contributed by atoms with Crippen LogP contribution in [0.3, 0.4) is 0 Å². The molecule has 0 radical (unpaired) electrons. The molecule has 4 rings (SSSR count). The fourth-order valence-corrected chi connectivity index (χ4v) is 6.00. The lowest BCUT2D eigenvalue weighted by molar-refractivity contribution is 0.0830. The van der Waals surface area contributed by atoms with Crippen molar-refractivity contribution in [3.8, 4) is 5.75 Å². The molecule has 0 spiro atoms. The highest BCUT2D eigenvalue weighted by molar-refractivity contribution is 5.42. The fourth-order valence-electron chi connectivity index (χ4n) is 6.00. The van der Waals surface area contributed by atoms with Gasteiger partial charge in [0.2, 0.25) is 0 Å². The van der Waals surface area contributed by atoms with E-state index in [1.54, 1.807) is 0 Å². The Morgan fingerprint density at radius 2 is 1.54 bits per heavy atom. The van der Waals surface area contributed by atoms with Crippen LogP contribution in [0.1, 0.15) is 82.3 Å². The maximum absolute atomic E-state index is 14.3. The third-order valence-electron chi connectivity index (χ3n) is 7.66. The molecule has 1 nitrogen and oxygen atoms in total. The van der Waals surface area contributed by atoms with E-state index in [0.717, 1.165) is 29.7 Å². The van der Waals surface area contributed by atoms with Gasteiger partial charge in [0.1, 0.15) is 6.10 Å². The molecule has 2 aliphatic carbocycles. The summed E-state index contributed by atoms with van der Waals surface area (Å²) in [7, 11) is 0. The molecule has 0 bridgehead atoms. The molecule has 3 aliphatic rings. The first-order valence-corrected chi connectivity index (χ1v) is 11.1. The van der Waals surface area contributed by atoms with Crippen molar-refractivity contribution in [2.45, 2.75) is 90.6 Å². The van der Waals surface area contributed by atoms with Crippen molar-refractivity contribution < 1.29 is 9.13 Å². The minimum Gasteiger partial charge on any atom is -0.486 e. The van der Waals surface area contributed by atoms with E-state index in [1.165, 1.54) is 64.2 Å². The van der Waals surface area contributed by atoms with E-state index in [0.29, 0.717) is 17.2 Å². The van der Waals surface area contributed by atoms with Crippen molar-refractivity contribution in [1.29, 1.82) is 0 Å². The summed E-state index contributed by atoms with van der Waals surface area (Å²) in [5.41, 5.74) is 1.78. The third kappa shape index (κ3) is 3.66. The topological polar surface area (TPSA) is 9.23 Å². The van der Waals surface area contributed by atoms with Crippen LogP contribution in [0.25, 0.3) is 0 Å². The first-order chi connectivity index (χ1) is 12.7. The second-order valence-electron chi connectivity index (χ2n) is 9.29. The van der Waals surface area contributed by atoms with Gasteiger partial charge >= 0.3 is 0 Å². The number of fused-ring (bicyclic) bond motifs is 1. The summed E-state index contributed by atoms with van der Waals surface area (Å²) in [4.78, 5) is 0. The number of halogens is 1. The number of hydrogen-bond acceptors (Lipinski definition) is 1. The SMILES string of the molecule is CCCC1CCC(C2CCC(C3Cc4ccc(C)c(F)c4O3)CC2)CC1. The van der Waals surface area contributed by atoms with E-state index in [-0.39, 0.29) is 11.9 Å². The molecule has 1 heterocycles. The van der Waals surface area contributed by atoms with Gasteiger partial charge in [-0.05, 0) is 74.7 Å². The van der Waals surface area contributed by atoms with Crippen LogP contribution in [0.2, 0.25) is 0 Å². The molecule has 26 heavy (non-hydrogen) atoms. The number of rotatable bonds is 4. The highest BCUT2D eigenvalue weighted by Gasteiger charge is 2.37. The van der Waals surface area contributed by atoms with Gasteiger partial charge in [-0.3, -0.25) is 0 Å². The molecule has 1 aromatic rings. The number of hydrogen-bond donors (Lipinski definition) is 0. The van der Waals surface area contributed by atoms with E-state index < -0.39 is 0 Å². The van der Waals surface area contributed by atoms with Gasteiger partial charge in [0, 0.05) is 12.0 Å². The summed E-state index contributed by atoms with van der Waals surface area (Å²) < 4.78 is 20.4. The highest BCUT2D eigenvalue weighted by Crippen LogP contribution is 2.45. The molecule has 1 aromatic carbocycles. The van der Waals surface area contributed by atoms with E-state index in [4.69, 9.17) is 4.74 Å². The molecule has 2 fully saturated rings. The van der Waals surface area contributed by atoms with Crippen molar-refractivity contribution in [2.75, 3.05) is 0 Å². The monoisotopic (exact) mass is 358 g/mol. The van der Waals surface area contributed by atoms with Crippen LogP contribution in [0.5, 0.6) is 5.75 Å². The Hall–Kier alpha value is -1.05. The van der Waals surface area contributed by atoms with Gasteiger partial charge in [-0.1, -0.05) is 44.7 Å². The summed E-state index contributed by atoms with van der Waals surface area (Å²) in [5, 5.41) is 0. The summed E-state index contributed by atoms with van der Waals surface area (Å²) in [6.45, 7) is 4.15. The number of ether oxygens (including phenoxy) is 1. The quantitative estimate of drug-likeness (QED) is 0.572. The van der Waals surface area contributed by atoms with Gasteiger partial charge < -0.3 is 4.74 Å². The van der Waals surface area contributed by atoms with Crippen molar-refractivity contribution >= 4 is 0 Å². The van der Waals surface area contributed by atoms with E-state index in [2.05, 4.69) is 13.0 Å². The fraction of sp³-hybridized carbons (Fsp3) is 0.750. The molecule has 0 amide bonds. The van der Waals surface area contributed by atoms with Crippen LogP contribution in [0.4, 0.5) is 4.39 Å². The summed E-state index contributed by atoms with van der Waals surface area (Å²) in [6.07, 6.45) is 15.1. The summed E-state index contributed by atoms with van der Waals surface area (Å²) >= 11 is 0. The highest BCUT2D eigenvalue weighted by atomic mass is 19.1. The van der Waals surface area contributed by atoms with Crippen LogP contribution < -0.4 is 4.74 Å². The molecule has 1 aliphatic heterocycles. The second kappa shape index (κ2) is 7.90. The predicted octanol–water partition coefficient (Wildman–Crippen LogP) is 6.85. The molecule has 0 aromatic heterocycles. The van der Waals surface area contributed by atoms with Crippen LogP contribution in [-0.2, 0) is 6.42 Å². The average molecular weight is 359 g/mol. The molecule has 2 heteroatoms. The van der Waals surface area contributed by atoms with Gasteiger partial charge in [0.15, 0.2) is 11.6 Å². The van der Waals surface area contributed by atoms with Gasteiger partial charge in [0.05, 0.1) is 0 Å². The Bertz CT molecular complexity index is 609. The summed E-state index contributed by atoms with van der Waals surface area (Å²) in [5.74, 6) is 3.96. The lowest BCUT2D eigenvalue weighted by atomic mass is 9.68. The molecule has 1 atom stereocenters. The first kappa shape index (κ1) is 18.3. The normalized spacial score (nSPS) is 34.3. The Morgan fingerprint density at radius 3 is 2.19 bits per heavy atom. The van der Waals surface area contributed by atoms with Crippen molar-refractivity contribution in [1.82, 2.24) is 0 Å². The Morgan fingerprint density at radius 1 is 0.923 bits per heavy atom. The Balaban J connectivity index is 1.28. The van der Waals surface area contributed by atoms with Gasteiger partial charge in [-0.25, -0.2) is 4.39 Å².